The second kappa shape index (κ2) is 33.7. The molecule has 5 aromatic heterocycles. The van der Waals surface area contributed by atoms with Gasteiger partial charge in [-0.1, -0.05) is 46.5 Å². The molecular formula is C46H74N14O9S. The van der Waals surface area contributed by atoms with Crippen LogP contribution in [-0.4, -0.2) is 117 Å². The highest BCUT2D eigenvalue weighted by atomic mass is 32.1. The molecule has 0 spiro atoms. The Hall–Kier alpha value is -6.79. The lowest BCUT2D eigenvalue weighted by molar-refractivity contribution is 0.274. The third-order valence-electron chi connectivity index (χ3n) is 10.0. The van der Waals surface area contributed by atoms with E-state index in [1.165, 1.54) is 6.20 Å². The van der Waals surface area contributed by atoms with Crippen LogP contribution in [0.1, 0.15) is 89.9 Å². The Balaban J connectivity index is 0.000000365. The van der Waals surface area contributed by atoms with Gasteiger partial charge in [-0.15, -0.1) is 0 Å². The third-order valence-corrected chi connectivity index (χ3v) is 10.0. The number of aliphatic hydroxyl groups is 2. The molecule has 5 rings (SSSR count). The predicted molar refractivity (Wildman–Crippen MR) is 276 cm³/mol. The van der Waals surface area contributed by atoms with Gasteiger partial charge in [0.2, 0.25) is 17.8 Å². The van der Waals surface area contributed by atoms with Crippen LogP contribution in [0.4, 0.5) is 35.3 Å². The first-order valence-corrected chi connectivity index (χ1v) is 22.8. The highest BCUT2D eigenvalue weighted by molar-refractivity contribution is 7.59. The number of methoxy groups -OCH3 is 5. The Labute approximate surface area is 417 Å². The van der Waals surface area contributed by atoms with E-state index in [2.05, 4.69) is 76.6 Å². The van der Waals surface area contributed by atoms with Crippen molar-refractivity contribution >= 4 is 48.8 Å². The lowest BCUT2D eigenvalue weighted by Crippen LogP contribution is -2.22. The normalized spacial score (nSPS) is 11.2. The molecule has 23 nitrogen and oxygen atoms in total. The van der Waals surface area contributed by atoms with Crippen molar-refractivity contribution in [3.05, 3.63) is 54.5 Å². The topological polar surface area (TPSA) is 322 Å². The van der Waals surface area contributed by atoms with Gasteiger partial charge in [0.1, 0.15) is 24.6 Å². The van der Waals surface area contributed by atoms with Crippen LogP contribution in [0.3, 0.4) is 0 Å². The van der Waals surface area contributed by atoms with Crippen molar-refractivity contribution in [2.24, 2.45) is 0 Å². The Morgan fingerprint density at radius 2 is 0.943 bits per heavy atom. The van der Waals surface area contributed by atoms with Crippen molar-refractivity contribution in [1.29, 1.82) is 0 Å². The summed E-state index contributed by atoms with van der Waals surface area (Å²) in [7, 11) is 7.81. The molecule has 0 amide bonds. The molecule has 0 radical (unpaired) electrons. The van der Waals surface area contributed by atoms with Crippen molar-refractivity contribution in [2.75, 3.05) is 88.5 Å². The summed E-state index contributed by atoms with van der Waals surface area (Å²) >= 11 is 0. The molecule has 2 atom stereocenters. The average Bonchev–Trinajstić information content (AvgIpc) is 3.35. The van der Waals surface area contributed by atoms with E-state index >= 15 is 0 Å². The van der Waals surface area contributed by atoms with Gasteiger partial charge in [0.05, 0.1) is 54.1 Å². The lowest BCUT2D eigenvalue weighted by atomic mass is 10.1. The number of hydrogen-bond acceptors (Lipinski definition) is 23. The van der Waals surface area contributed by atoms with Crippen molar-refractivity contribution in [3.8, 4) is 40.2 Å². The number of unbranched alkanes of at least 4 members (excludes halogenated alkanes) is 2. The lowest BCUT2D eigenvalue weighted by Gasteiger charge is -2.20. The fraction of sp³-hybridized carbons (Fsp3) is 0.522. The molecule has 24 heteroatoms. The number of nitrogens with two attached hydrogens (primary N) is 3. The second-order valence-corrected chi connectivity index (χ2v) is 15.0. The zero-order chi connectivity index (χ0) is 50.4. The zero-order valence-electron chi connectivity index (χ0n) is 41.7. The molecule has 388 valence electrons. The number of nitrogens with zero attached hydrogens (tertiary/aromatic N) is 8. The summed E-state index contributed by atoms with van der Waals surface area (Å²) in [6.07, 6.45) is 16.3. The van der Waals surface area contributed by atoms with Crippen LogP contribution in [0.15, 0.2) is 43.1 Å². The molecular weight excluding hydrogens is 925 g/mol. The number of rotatable bonds is 28. The van der Waals surface area contributed by atoms with Crippen LogP contribution >= 0.6 is 13.5 Å². The van der Waals surface area contributed by atoms with E-state index in [4.69, 9.17) is 55.5 Å². The first-order chi connectivity index (χ1) is 33.5. The van der Waals surface area contributed by atoms with E-state index in [1.54, 1.807) is 72.5 Å². The van der Waals surface area contributed by atoms with Crippen LogP contribution in [0.25, 0.3) is 0 Å². The maximum absolute atomic E-state index is 9.26. The van der Waals surface area contributed by atoms with Gasteiger partial charge in [0.25, 0.3) is 0 Å². The van der Waals surface area contributed by atoms with Crippen LogP contribution in [0.5, 0.6) is 40.2 Å². The maximum atomic E-state index is 9.26. The van der Waals surface area contributed by atoms with Crippen molar-refractivity contribution in [1.82, 2.24) is 39.9 Å². The van der Waals surface area contributed by atoms with Gasteiger partial charge in [-0.05, 0) is 32.1 Å². The molecule has 11 N–H and O–H groups in total. The molecule has 0 fully saturated rings. The van der Waals surface area contributed by atoms with Gasteiger partial charge in [-0.3, -0.25) is 9.97 Å². The van der Waals surface area contributed by atoms with E-state index < -0.39 is 0 Å². The number of ether oxygens (including phenoxy) is 7. The zero-order valence-corrected chi connectivity index (χ0v) is 42.7. The molecule has 0 aliphatic rings. The van der Waals surface area contributed by atoms with Crippen LogP contribution in [0.2, 0.25) is 0 Å². The largest absolute Gasteiger partial charge is 0.493 e. The van der Waals surface area contributed by atoms with Crippen LogP contribution < -0.4 is 66.3 Å². The van der Waals surface area contributed by atoms with Gasteiger partial charge >= 0.3 is 0 Å². The summed E-state index contributed by atoms with van der Waals surface area (Å²) in [6, 6.07) is 3.66. The SMILES string of the molecule is CCCCNc1nc(N)ncc1OCc1nccc(OC)c1OC.CCCC[C@@H](CCO)Nc1nc(N)ncc1OC.CCC[C@@H](CCO)Nc1nc(N)ncc1OCc1nccc(OC)c1OC.S. The number of aromatic nitrogens is 8. The highest BCUT2D eigenvalue weighted by Gasteiger charge is 2.18. The van der Waals surface area contributed by atoms with Gasteiger partial charge in [0, 0.05) is 56.4 Å². The number of nitrogen functional groups attached to an aromatic ring is 3. The van der Waals surface area contributed by atoms with Crippen molar-refractivity contribution in [3.63, 3.8) is 0 Å². The summed E-state index contributed by atoms with van der Waals surface area (Å²) in [6.45, 7) is 7.68. The summed E-state index contributed by atoms with van der Waals surface area (Å²) in [5.41, 5.74) is 18.1. The van der Waals surface area contributed by atoms with Gasteiger partial charge in [-0.25, -0.2) is 15.0 Å². The number of nitrogens with one attached hydrogen (secondary N) is 3. The van der Waals surface area contributed by atoms with Gasteiger partial charge in [0.15, 0.2) is 57.7 Å². The van der Waals surface area contributed by atoms with Crippen LogP contribution in [-0.2, 0) is 13.2 Å². The first-order valence-electron chi connectivity index (χ1n) is 22.8. The summed E-state index contributed by atoms with van der Waals surface area (Å²) in [5.74, 6) is 5.90. The minimum absolute atomic E-state index is 0. The van der Waals surface area contributed by atoms with Gasteiger partial charge in [-0.2, -0.15) is 28.4 Å². The quantitative estimate of drug-likeness (QED) is 0.0274. The van der Waals surface area contributed by atoms with E-state index in [1.807, 2.05) is 0 Å². The summed E-state index contributed by atoms with van der Waals surface area (Å²) in [4.78, 5) is 33.0. The number of aliphatic hydroxyl groups excluding tert-OH is 2. The number of anilines is 6. The monoisotopic (exact) mass is 999 g/mol. The molecule has 0 bridgehead atoms. The fourth-order valence-electron chi connectivity index (χ4n) is 6.50. The molecule has 0 aromatic carbocycles. The molecule has 0 aliphatic heterocycles. The molecule has 0 aliphatic carbocycles. The Morgan fingerprint density at radius 1 is 0.514 bits per heavy atom. The molecule has 5 heterocycles. The molecule has 0 saturated heterocycles. The Kier molecular flexibility index (Phi) is 28.5. The molecule has 0 unspecified atom stereocenters. The molecule has 70 heavy (non-hydrogen) atoms. The minimum Gasteiger partial charge on any atom is -0.493 e. The van der Waals surface area contributed by atoms with E-state index in [-0.39, 0.29) is 69.9 Å². The van der Waals surface area contributed by atoms with E-state index in [9.17, 15) is 5.11 Å². The summed E-state index contributed by atoms with van der Waals surface area (Å²) < 4.78 is 38.1. The maximum Gasteiger partial charge on any atom is 0.222 e. The minimum atomic E-state index is 0. The first kappa shape index (κ1) is 59.3. The number of hydrogen-bond donors (Lipinski definition) is 8. The average molecular weight is 999 g/mol. The molecule has 0 saturated carbocycles. The fourth-order valence-corrected chi connectivity index (χ4v) is 6.50. The molecule has 5 aromatic rings. The van der Waals surface area contributed by atoms with E-state index in [0.717, 1.165) is 51.5 Å². The number of pyridine rings is 2. The van der Waals surface area contributed by atoms with Crippen molar-refractivity contribution in [2.45, 2.75) is 104 Å². The second-order valence-electron chi connectivity index (χ2n) is 15.0. The van der Waals surface area contributed by atoms with Gasteiger partial charge < -0.3 is 76.5 Å². The smallest absolute Gasteiger partial charge is 0.222 e. The predicted octanol–water partition coefficient (Wildman–Crippen LogP) is 5.81. The van der Waals surface area contributed by atoms with Crippen LogP contribution in [0, 0.1) is 0 Å². The Morgan fingerprint density at radius 3 is 1.37 bits per heavy atom. The third kappa shape index (κ3) is 19.7. The van der Waals surface area contributed by atoms with Crippen molar-refractivity contribution < 1.29 is 43.4 Å². The highest BCUT2D eigenvalue weighted by Crippen LogP contribution is 2.33. The standard InChI is InChI=1S/C18H27N5O4.C16H23N5O3.C12H22N4O2.H2S/c1-4-5-12(7-9-24)22-17-15(10-21-18(19)23-17)27-11-13-16(26-3)14(25-2)6-8-20-13;1-4-5-7-19-15-13(9-20-16(17)21-15)24-10-11-14(23-3)12(22-2)6-8-18-11;1-3-4-5-9(6-7-17)15-11-10(18-2)8-14-12(13)16-11;/h6,8,10,12,24H,4-5,7,9,11H2,1-3H3,(H3,19,21,22,23);6,8-9H,4-5,7,10H2,1-3H3,(H3,17,19,20,21);8-9,17H,3-7H2,1-2H3,(H3,13,14,15,16);1H2/t12-;;9-;/m0.0./s1. The Bertz CT molecular complexity index is 2230. The van der Waals surface area contributed by atoms with E-state index in [0.29, 0.717) is 81.9 Å². The summed E-state index contributed by atoms with van der Waals surface area (Å²) in [5, 5.41) is 28.1.